The van der Waals surface area contributed by atoms with Gasteiger partial charge in [-0.25, -0.2) is 0 Å². The first-order chi connectivity index (χ1) is 7.15. The molecule has 2 atom stereocenters. The van der Waals surface area contributed by atoms with E-state index in [1.54, 1.807) is 6.92 Å². The smallest absolute Gasteiger partial charge is 0.246 e. The summed E-state index contributed by atoms with van der Waals surface area (Å²) in [5, 5.41) is 12.9. The van der Waals surface area contributed by atoms with Gasteiger partial charge < -0.3 is 20.1 Å². The van der Waals surface area contributed by atoms with Crippen LogP contribution in [-0.4, -0.2) is 28.0 Å². The van der Waals surface area contributed by atoms with Crippen molar-refractivity contribution in [1.29, 1.82) is 0 Å². The van der Waals surface area contributed by atoms with E-state index < -0.39 is 12.1 Å². The van der Waals surface area contributed by atoms with E-state index in [9.17, 15) is 5.11 Å². The highest BCUT2D eigenvalue weighted by Gasteiger charge is 2.19. The van der Waals surface area contributed by atoms with E-state index in [1.807, 2.05) is 6.92 Å². The third-order valence-electron chi connectivity index (χ3n) is 1.87. The van der Waals surface area contributed by atoms with Crippen LogP contribution in [0.15, 0.2) is 4.52 Å². The van der Waals surface area contributed by atoms with Gasteiger partial charge >= 0.3 is 0 Å². The summed E-state index contributed by atoms with van der Waals surface area (Å²) in [5.41, 5.74) is 5.62. The molecule has 1 rings (SSSR count). The van der Waals surface area contributed by atoms with Crippen LogP contribution in [0.25, 0.3) is 0 Å². The van der Waals surface area contributed by atoms with Crippen molar-refractivity contribution in [1.82, 2.24) is 10.1 Å². The Bertz CT molecular complexity index is 288. The average Bonchev–Trinajstić information content (AvgIpc) is 2.65. The molecule has 0 fully saturated rings. The Morgan fingerprint density at radius 1 is 1.60 bits per heavy atom. The first-order valence-electron chi connectivity index (χ1n) is 4.99. The van der Waals surface area contributed by atoms with Crippen LogP contribution in [0.1, 0.15) is 38.0 Å². The molecule has 1 aromatic rings. The summed E-state index contributed by atoms with van der Waals surface area (Å²) in [6.45, 7) is 4.56. The van der Waals surface area contributed by atoms with Crippen LogP contribution in [0.2, 0.25) is 0 Å². The Kier molecular flexibility index (Phi) is 4.67. The van der Waals surface area contributed by atoms with Crippen LogP contribution in [0, 0.1) is 0 Å². The van der Waals surface area contributed by atoms with Crippen LogP contribution in [-0.2, 0) is 11.3 Å². The number of hydrogen-bond donors (Lipinski definition) is 2. The number of aliphatic hydroxyl groups excluding tert-OH is 1. The molecule has 0 aliphatic heterocycles. The molecule has 0 unspecified atom stereocenters. The second kappa shape index (κ2) is 5.79. The third-order valence-corrected chi connectivity index (χ3v) is 1.87. The van der Waals surface area contributed by atoms with Crippen molar-refractivity contribution in [2.45, 2.75) is 39.0 Å². The molecule has 6 nitrogen and oxygen atoms in total. The van der Waals surface area contributed by atoms with Crippen molar-refractivity contribution < 1.29 is 14.4 Å². The minimum atomic E-state index is -0.713. The summed E-state index contributed by atoms with van der Waals surface area (Å²) in [7, 11) is 0. The van der Waals surface area contributed by atoms with E-state index in [1.165, 1.54) is 0 Å². The molecule has 0 spiro atoms. The molecule has 0 aliphatic rings. The molecule has 0 amide bonds. The molecule has 0 bridgehead atoms. The number of nitrogens with zero attached hydrogens (tertiary/aromatic N) is 2. The van der Waals surface area contributed by atoms with Gasteiger partial charge in [-0.1, -0.05) is 12.1 Å². The maximum atomic E-state index is 9.21. The highest BCUT2D eigenvalue weighted by atomic mass is 16.5. The lowest BCUT2D eigenvalue weighted by Crippen LogP contribution is -2.23. The molecule has 0 radical (unpaired) electrons. The number of rotatable bonds is 6. The Hall–Kier alpha value is -0.980. The summed E-state index contributed by atoms with van der Waals surface area (Å²) >= 11 is 0. The van der Waals surface area contributed by atoms with Crippen LogP contribution in [0.4, 0.5) is 0 Å². The molecular formula is C9H17N3O3. The zero-order valence-electron chi connectivity index (χ0n) is 9.01. The zero-order chi connectivity index (χ0) is 11.3. The average molecular weight is 215 g/mol. The SMILES string of the molecule is CCCOCc1noc([C@@H](N)[C@@H](C)O)n1. The van der Waals surface area contributed by atoms with Crippen molar-refractivity contribution >= 4 is 0 Å². The highest BCUT2D eigenvalue weighted by molar-refractivity contribution is 4.92. The summed E-state index contributed by atoms with van der Waals surface area (Å²) in [5.74, 6) is 0.689. The molecule has 0 aromatic carbocycles. The number of ether oxygens (including phenoxy) is 1. The molecular weight excluding hydrogens is 198 g/mol. The van der Waals surface area contributed by atoms with E-state index in [4.69, 9.17) is 15.0 Å². The quantitative estimate of drug-likeness (QED) is 0.666. The molecule has 15 heavy (non-hydrogen) atoms. The number of nitrogens with two attached hydrogens (primary N) is 1. The van der Waals surface area contributed by atoms with E-state index in [2.05, 4.69) is 10.1 Å². The maximum absolute atomic E-state index is 9.21. The van der Waals surface area contributed by atoms with Gasteiger partial charge in [0.1, 0.15) is 12.6 Å². The van der Waals surface area contributed by atoms with Gasteiger partial charge in [0.25, 0.3) is 0 Å². The van der Waals surface area contributed by atoms with E-state index in [0.29, 0.717) is 19.0 Å². The summed E-state index contributed by atoms with van der Waals surface area (Å²) < 4.78 is 10.1. The van der Waals surface area contributed by atoms with Crippen LogP contribution < -0.4 is 5.73 Å². The molecule has 0 saturated carbocycles. The van der Waals surface area contributed by atoms with Crippen molar-refractivity contribution in [3.8, 4) is 0 Å². The van der Waals surface area contributed by atoms with Gasteiger partial charge in [0.2, 0.25) is 5.89 Å². The van der Waals surface area contributed by atoms with Gasteiger partial charge in [0, 0.05) is 6.61 Å². The third kappa shape index (κ3) is 3.58. The van der Waals surface area contributed by atoms with E-state index in [-0.39, 0.29) is 5.89 Å². The fourth-order valence-electron chi connectivity index (χ4n) is 0.976. The van der Waals surface area contributed by atoms with E-state index in [0.717, 1.165) is 6.42 Å². The molecule has 86 valence electrons. The minimum Gasteiger partial charge on any atom is -0.391 e. The lowest BCUT2D eigenvalue weighted by molar-refractivity contribution is 0.114. The second-order valence-corrected chi connectivity index (χ2v) is 3.37. The lowest BCUT2D eigenvalue weighted by Gasteiger charge is -2.08. The Balaban J connectivity index is 2.48. The largest absolute Gasteiger partial charge is 0.391 e. The van der Waals surface area contributed by atoms with E-state index >= 15 is 0 Å². The van der Waals surface area contributed by atoms with Gasteiger partial charge in [0.15, 0.2) is 5.82 Å². The first-order valence-corrected chi connectivity index (χ1v) is 4.99. The fraction of sp³-hybridized carbons (Fsp3) is 0.778. The van der Waals surface area contributed by atoms with Gasteiger partial charge in [-0.05, 0) is 13.3 Å². The summed E-state index contributed by atoms with van der Waals surface area (Å²) in [6.07, 6.45) is 0.229. The number of aromatic nitrogens is 2. The monoisotopic (exact) mass is 215 g/mol. The van der Waals surface area contributed by atoms with Crippen LogP contribution in [0.5, 0.6) is 0 Å². The van der Waals surface area contributed by atoms with Crippen LogP contribution >= 0.6 is 0 Å². The van der Waals surface area contributed by atoms with Crippen molar-refractivity contribution in [3.63, 3.8) is 0 Å². The highest BCUT2D eigenvalue weighted by Crippen LogP contribution is 2.11. The number of hydrogen-bond acceptors (Lipinski definition) is 6. The van der Waals surface area contributed by atoms with Gasteiger partial charge in [0.05, 0.1) is 6.10 Å². The fourth-order valence-corrected chi connectivity index (χ4v) is 0.976. The lowest BCUT2D eigenvalue weighted by atomic mass is 10.2. The molecule has 3 N–H and O–H groups in total. The predicted molar refractivity (Wildman–Crippen MR) is 52.9 cm³/mol. The van der Waals surface area contributed by atoms with Crippen molar-refractivity contribution in [3.05, 3.63) is 11.7 Å². The molecule has 0 aliphatic carbocycles. The molecule has 6 heteroatoms. The number of aliphatic hydroxyl groups is 1. The van der Waals surface area contributed by atoms with Gasteiger partial charge in [-0.15, -0.1) is 0 Å². The Labute approximate surface area is 88.4 Å². The topological polar surface area (TPSA) is 94.4 Å². The van der Waals surface area contributed by atoms with Crippen LogP contribution in [0.3, 0.4) is 0 Å². The van der Waals surface area contributed by atoms with Gasteiger partial charge in [-0.3, -0.25) is 0 Å². The zero-order valence-corrected chi connectivity index (χ0v) is 9.01. The Morgan fingerprint density at radius 3 is 2.93 bits per heavy atom. The summed E-state index contributed by atoms with van der Waals surface area (Å²) in [6, 6.07) is -0.641. The molecule has 0 saturated heterocycles. The minimum absolute atomic E-state index is 0.236. The molecule has 1 aromatic heterocycles. The second-order valence-electron chi connectivity index (χ2n) is 3.37. The normalized spacial score (nSPS) is 15.2. The summed E-state index contributed by atoms with van der Waals surface area (Å²) in [4.78, 5) is 4.02. The maximum Gasteiger partial charge on any atom is 0.246 e. The Morgan fingerprint density at radius 2 is 2.33 bits per heavy atom. The van der Waals surface area contributed by atoms with Crippen molar-refractivity contribution in [2.75, 3.05) is 6.61 Å². The molecule has 1 heterocycles. The standard InChI is InChI=1S/C9H17N3O3/c1-3-4-14-5-7-11-9(15-12-7)8(10)6(2)13/h6,8,13H,3-5,10H2,1-2H3/t6-,8+/m1/s1. The van der Waals surface area contributed by atoms with Crippen molar-refractivity contribution in [2.24, 2.45) is 5.73 Å². The first kappa shape index (κ1) is 12.1. The van der Waals surface area contributed by atoms with Gasteiger partial charge in [-0.2, -0.15) is 4.98 Å². The predicted octanol–water partition coefficient (Wildman–Crippen LogP) is 0.377.